The van der Waals surface area contributed by atoms with Crippen LogP contribution in [0.15, 0.2) is 10.4 Å². The van der Waals surface area contributed by atoms with E-state index in [1.54, 1.807) is 0 Å². The van der Waals surface area contributed by atoms with Gasteiger partial charge in [0.2, 0.25) is 0 Å². The molecule has 0 radical (unpaired) electrons. The molecular weight excluding hydrogens is 375 g/mol. The standard InChI is InChI=1S/C18H30F3N5S/c1-4-22-17(24-11-14(3)26-9-6-13(2)7-10-26)23-8-5-16-25-15(12-27-16)18(19,20)21/h12-14H,4-11H2,1-3H3,(H2,22,23,24). The van der Waals surface area contributed by atoms with E-state index in [4.69, 9.17) is 0 Å². The summed E-state index contributed by atoms with van der Waals surface area (Å²) in [6, 6.07) is 0.376. The highest BCUT2D eigenvalue weighted by atomic mass is 32.1. The van der Waals surface area contributed by atoms with Crippen molar-refractivity contribution in [2.24, 2.45) is 10.9 Å². The molecule has 0 saturated carbocycles. The van der Waals surface area contributed by atoms with Gasteiger partial charge in [-0.25, -0.2) is 4.98 Å². The Morgan fingerprint density at radius 1 is 1.37 bits per heavy atom. The first kappa shape index (κ1) is 21.9. The molecule has 1 aliphatic heterocycles. The van der Waals surface area contributed by atoms with Gasteiger partial charge in [0.25, 0.3) is 0 Å². The van der Waals surface area contributed by atoms with E-state index in [-0.39, 0.29) is 0 Å². The molecule has 0 spiro atoms. The predicted molar refractivity (Wildman–Crippen MR) is 104 cm³/mol. The fourth-order valence-corrected chi connectivity index (χ4v) is 3.80. The van der Waals surface area contributed by atoms with Gasteiger partial charge in [0.1, 0.15) is 0 Å². The molecule has 2 rings (SSSR count). The van der Waals surface area contributed by atoms with Gasteiger partial charge in [-0.1, -0.05) is 6.92 Å². The molecule has 1 aromatic rings. The van der Waals surface area contributed by atoms with E-state index >= 15 is 0 Å². The number of nitrogens with zero attached hydrogens (tertiary/aromatic N) is 3. The van der Waals surface area contributed by atoms with Crippen LogP contribution in [0.4, 0.5) is 13.2 Å². The maximum Gasteiger partial charge on any atom is 0.434 e. The third kappa shape index (κ3) is 7.29. The van der Waals surface area contributed by atoms with Crippen LogP contribution >= 0.6 is 11.3 Å². The largest absolute Gasteiger partial charge is 0.434 e. The van der Waals surface area contributed by atoms with Crippen molar-refractivity contribution >= 4 is 17.3 Å². The topological polar surface area (TPSA) is 52.6 Å². The average Bonchev–Trinajstić information content (AvgIpc) is 3.09. The van der Waals surface area contributed by atoms with E-state index in [1.165, 1.54) is 12.8 Å². The zero-order chi connectivity index (χ0) is 19.9. The fraction of sp³-hybridized carbons (Fsp3) is 0.778. The van der Waals surface area contributed by atoms with Crippen LogP contribution in [0.25, 0.3) is 0 Å². The van der Waals surface area contributed by atoms with E-state index in [9.17, 15) is 13.2 Å². The number of thiazole rings is 1. The van der Waals surface area contributed by atoms with E-state index < -0.39 is 11.9 Å². The number of nitrogens with one attached hydrogen (secondary N) is 2. The monoisotopic (exact) mass is 405 g/mol. The van der Waals surface area contributed by atoms with Crippen molar-refractivity contribution in [1.82, 2.24) is 20.5 Å². The predicted octanol–water partition coefficient (Wildman–Crippen LogP) is 3.38. The number of guanidine groups is 1. The lowest BCUT2D eigenvalue weighted by atomic mass is 9.98. The highest BCUT2D eigenvalue weighted by molar-refractivity contribution is 7.09. The molecule has 154 valence electrons. The van der Waals surface area contributed by atoms with Crippen LogP contribution in [0.3, 0.4) is 0 Å². The first-order valence-electron chi connectivity index (χ1n) is 9.57. The highest BCUT2D eigenvalue weighted by Gasteiger charge is 2.33. The molecule has 0 bridgehead atoms. The Kier molecular flexibility index (Phi) is 8.34. The van der Waals surface area contributed by atoms with Crippen molar-refractivity contribution in [3.05, 3.63) is 16.1 Å². The number of hydrogen-bond donors (Lipinski definition) is 2. The van der Waals surface area contributed by atoms with Crippen molar-refractivity contribution < 1.29 is 13.2 Å². The van der Waals surface area contributed by atoms with E-state index in [1.807, 2.05) is 6.92 Å². The van der Waals surface area contributed by atoms with Crippen molar-refractivity contribution in [3.8, 4) is 0 Å². The normalized spacial score (nSPS) is 18.5. The molecule has 1 aromatic heterocycles. The van der Waals surface area contributed by atoms with Crippen LogP contribution in [0.2, 0.25) is 0 Å². The number of alkyl halides is 3. The summed E-state index contributed by atoms with van der Waals surface area (Å²) in [7, 11) is 0. The Labute approximate surface area is 163 Å². The van der Waals surface area contributed by atoms with Gasteiger partial charge in [-0.3, -0.25) is 9.89 Å². The van der Waals surface area contributed by atoms with Gasteiger partial charge in [0.15, 0.2) is 11.7 Å². The number of piperidine rings is 1. The van der Waals surface area contributed by atoms with Crippen LogP contribution < -0.4 is 10.6 Å². The lowest BCUT2D eigenvalue weighted by Gasteiger charge is -2.34. The summed E-state index contributed by atoms with van der Waals surface area (Å²) < 4.78 is 37.8. The summed E-state index contributed by atoms with van der Waals surface area (Å²) >= 11 is 1.04. The summed E-state index contributed by atoms with van der Waals surface area (Å²) in [5, 5.41) is 7.91. The highest BCUT2D eigenvalue weighted by Crippen LogP contribution is 2.30. The minimum Gasteiger partial charge on any atom is -0.357 e. The van der Waals surface area contributed by atoms with Gasteiger partial charge in [0, 0.05) is 30.9 Å². The number of likely N-dealkylation sites (tertiary alicyclic amines) is 1. The summed E-state index contributed by atoms with van der Waals surface area (Å²) in [4.78, 5) is 10.8. The molecule has 1 saturated heterocycles. The van der Waals surface area contributed by atoms with Crippen LogP contribution in [-0.2, 0) is 12.6 Å². The first-order chi connectivity index (χ1) is 12.8. The quantitative estimate of drug-likeness (QED) is 0.539. The minimum atomic E-state index is -4.37. The van der Waals surface area contributed by atoms with Crippen molar-refractivity contribution in [1.29, 1.82) is 0 Å². The molecule has 27 heavy (non-hydrogen) atoms. The van der Waals surface area contributed by atoms with Gasteiger partial charge >= 0.3 is 6.18 Å². The van der Waals surface area contributed by atoms with Crippen molar-refractivity contribution in [3.63, 3.8) is 0 Å². The van der Waals surface area contributed by atoms with Gasteiger partial charge in [-0.2, -0.15) is 13.2 Å². The van der Waals surface area contributed by atoms with Gasteiger partial charge in [-0.15, -0.1) is 11.3 Å². The molecule has 1 unspecified atom stereocenters. The molecule has 5 nitrogen and oxygen atoms in total. The maximum absolute atomic E-state index is 12.6. The molecule has 9 heteroatoms. The second kappa shape index (κ2) is 10.3. The Morgan fingerprint density at radius 3 is 2.67 bits per heavy atom. The summed E-state index contributed by atoms with van der Waals surface area (Å²) in [5.41, 5.74) is -0.812. The Hall–Kier alpha value is -1.35. The zero-order valence-corrected chi connectivity index (χ0v) is 17.1. The molecular formula is C18H30F3N5S. The summed E-state index contributed by atoms with van der Waals surface area (Å²) in [6.07, 6.45) is -1.47. The van der Waals surface area contributed by atoms with E-state index in [0.717, 1.165) is 42.3 Å². The van der Waals surface area contributed by atoms with Gasteiger partial charge < -0.3 is 10.6 Å². The zero-order valence-electron chi connectivity index (χ0n) is 16.3. The molecule has 2 heterocycles. The third-order valence-corrected chi connectivity index (χ3v) is 5.68. The molecule has 2 N–H and O–H groups in total. The number of halogens is 3. The van der Waals surface area contributed by atoms with Crippen molar-refractivity contribution in [2.75, 3.05) is 32.7 Å². The molecule has 1 aliphatic rings. The molecule has 1 fully saturated rings. The second-order valence-electron chi connectivity index (χ2n) is 7.09. The maximum atomic E-state index is 12.6. The average molecular weight is 406 g/mol. The number of rotatable bonds is 7. The Bertz CT molecular complexity index is 594. The minimum absolute atomic E-state index is 0.376. The van der Waals surface area contributed by atoms with Crippen LogP contribution in [-0.4, -0.2) is 54.6 Å². The SMILES string of the molecule is CCNC(=NCC(C)N1CCC(C)CC1)NCCc1nc(C(F)(F)F)cs1. The Balaban J connectivity index is 1.80. The lowest BCUT2D eigenvalue weighted by molar-refractivity contribution is -0.140. The van der Waals surface area contributed by atoms with Crippen molar-refractivity contribution in [2.45, 2.75) is 52.3 Å². The molecule has 0 amide bonds. The first-order valence-corrected chi connectivity index (χ1v) is 10.5. The smallest absolute Gasteiger partial charge is 0.357 e. The second-order valence-corrected chi connectivity index (χ2v) is 8.03. The third-order valence-electron chi connectivity index (χ3n) is 4.77. The molecule has 0 aromatic carbocycles. The van der Waals surface area contributed by atoms with Gasteiger partial charge in [0.05, 0.1) is 11.6 Å². The van der Waals surface area contributed by atoms with Crippen LogP contribution in [0.5, 0.6) is 0 Å². The summed E-state index contributed by atoms with van der Waals surface area (Å²) in [6.45, 7) is 10.6. The molecule has 0 aliphatic carbocycles. The van der Waals surface area contributed by atoms with Crippen LogP contribution in [0.1, 0.15) is 44.3 Å². The number of hydrogen-bond acceptors (Lipinski definition) is 4. The molecule has 1 atom stereocenters. The summed E-state index contributed by atoms with van der Waals surface area (Å²) in [5.74, 6) is 1.50. The van der Waals surface area contributed by atoms with Crippen LogP contribution in [0, 0.1) is 5.92 Å². The van der Waals surface area contributed by atoms with E-state index in [0.29, 0.717) is 36.5 Å². The number of aliphatic imine (C=N–C) groups is 1. The lowest BCUT2D eigenvalue weighted by Crippen LogP contribution is -2.43. The number of aromatic nitrogens is 1. The Morgan fingerprint density at radius 2 is 2.07 bits per heavy atom. The van der Waals surface area contributed by atoms with E-state index in [2.05, 4.69) is 39.4 Å². The van der Waals surface area contributed by atoms with Gasteiger partial charge in [-0.05, 0) is 45.7 Å². The fourth-order valence-electron chi connectivity index (χ4n) is 2.99.